The number of para-hydroxylation sites is 1. The number of hydrogen-bond acceptors (Lipinski definition) is 3. The van der Waals surface area contributed by atoms with Crippen LogP contribution in [0.1, 0.15) is 0 Å². The standard InChI is InChI=1S/C12H18IN3O/c1-14-7-8-16(2)9-12(17)15-11-6-4-3-5-10(11)13/h3-6,14H,7-9H2,1-2H3,(H,15,17). The Balaban J connectivity index is 2.42. The second-order valence-corrected chi connectivity index (χ2v) is 5.03. The van der Waals surface area contributed by atoms with Crippen LogP contribution < -0.4 is 10.6 Å². The van der Waals surface area contributed by atoms with E-state index in [1.807, 2.05) is 43.3 Å². The molecule has 0 saturated carbocycles. The van der Waals surface area contributed by atoms with Crippen molar-refractivity contribution >= 4 is 34.2 Å². The maximum Gasteiger partial charge on any atom is 0.238 e. The molecule has 17 heavy (non-hydrogen) atoms. The molecule has 0 aliphatic rings. The molecule has 1 amide bonds. The van der Waals surface area contributed by atoms with Gasteiger partial charge in [0.2, 0.25) is 5.91 Å². The normalized spacial score (nSPS) is 10.6. The van der Waals surface area contributed by atoms with E-state index in [0.29, 0.717) is 6.54 Å². The van der Waals surface area contributed by atoms with E-state index in [1.165, 1.54) is 0 Å². The van der Waals surface area contributed by atoms with Gasteiger partial charge >= 0.3 is 0 Å². The van der Waals surface area contributed by atoms with Crippen LogP contribution in [0.5, 0.6) is 0 Å². The summed E-state index contributed by atoms with van der Waals surface area (Å²) in [4.78, 5) is 13.7. The fraction of sp³-hybridized carbons (Fsp3) is 0.417. The highest BCUT2D eigenvalue weighted by Gasteiger charge is 2.07. The first-order valence-corrected chi connectivity index (χ1v) is 6.59. The van der Waals surface area contributed by atoms with Crippen LogP contribution >= 0.6 is 22.6 Å². The smallest absolute Gasteiger partial charge is 0.238 e. The van der Waals surface area contributed by atoms with Gasteiger partial charge in [-0.15, -0.1) is 0 Å². The van der Waals surface area contributed by atoms with Crippen molar-refractivity contribution in [3.05, 3.63) is 27.8 Å². The number of hydrogen-bond donors (Lipinski definition) is 2. The average Bonchev–Trinajstić information content (AvgIpc) is 2.29. The number of amides is 1. The summed E-state index contributed by atoms with van der Waals surface area (Å²) in [7, 11) is 3.84. The van der Waals surface area contributed by atoms with Crippen LogP contribution in [0.4, 0.5) is 5.69 Å². The van der Waals surface area contributed by atoms with Gasteiger partial charge in [-0.05, 0) is 48.8 Å². The van der Waals surface area contributed by atoms with Gasteiger partial charge < -0.3 is 10.6 Å². The first-order valence-electron chi connectivity index (χ1n) is 5.51. The number of rotatable bonds is 6. The molecule has 0 atom stereocenters. The molecule has 0 aliphatic carbocycles. The van der Waals surface area contributed by atoms with Gasteiger partial charge in [0, 0.05) is 16.7 Å². The summed E-state index contributed by atoms with van der Waals surface area (Å²) in [5, 5.41) is 5.97. The molecule has 94 valence electrons. The number of carbonyl (C=O) groups is 1. The third kappa shape index (κ3) is 5.47. The number of carbonyl (C=O) groups excluding carboxylic acids is 1. The van der Waals surface area contributed by atoms with E-state index in [9.17, 15) is 4.79 Å². The van der Waals surface area contributed by atoms with Crippen LogP contribution in [0.25, 0.3) is 0 Å². The molecule has 2 N–H and O–H groups in total. The zero-order valence-electron chi connectivity index (χ0n) is 10.2. The molecule has 0 saturated heterocycles. The van der Waals surface area contributed by atoms with Crippen molar-refractivity contribution < 1.29 is 4.79 Å². The molecule has 0 aliphatic heterocycles. The molecule has 0 aromatic heterocycles. The summed E-state index contributed by atoms with van der Waals surface area (Å²) in [6, 6.07) is 7.76. The fourth-order valence-corrected chi connectivity index (χ4v) is 1.90. The first kappa shape index (κ1) is 14.4. The van der Waals surface area contributed by atoms with Crippen molar-refractivity contribution in [2.75, 3.05) is 39.0 Å². The molecule has 4 nitrogen and oxygen atoms in total. The van der Waals surface area contributed by atoms with Crippen LogP contribution in [0.2, 0.25) is 0 Å². The Bertz CT molecular complexity index is 371. The third-order valence-electron chi connectivity index (χ3n) is 2.30. The topological polar surface area (TPSA) is 44.4 Å². The second-order valence-electron chi connectivity index (χ2n) is 3.87. The zero-order valence-corrected chi connectivity index (χ0v) is 12.3. The van der Waals surface area contributed by atoms with Crippen LogP contribution in [-0.4, -0.2) is 44.5 Å². The van der Waals surface area contributed by atoms with Gasteiger partial charge in [0.1, 0.15) is 0 Å². The lowest BCUT2D eigenvalue weighted by molar-refractivity contribution is -0.117. The number of likely N-dealkylation sites (N-methyl/N-ethyl adjacent to an activating group) is 2. The molecule has 5 heteroatoms. The summed E-state index contributed by atoms with van der Waals surface area (Å²) in [6.07, 6.45) is 0. The van der Waals surface area contributed by atoms with Crippen molar-refractivity contribution in [1.29, 1.82) is 0 Å². The SMILES string of the molecule is CNCCN(C)CC(=O)Nc1ccccc1I. The monoisotopic (exact) mass is 347 g/mol. The van der Waals surface area contributed by atoms with E-state index >= 15 is 0 Å². The Kier molecular flexibility index (Phi) is 6.46. The molecule has 0 radical (unpaired) electrons. The Morgan fingerprint density at radius 1 is 1.41 bits per heavy atom. The summed E-state index contributed by atoms with van der Waals surface area (Å²) >= 11 is 2.21. The Labute approximate surface area is 116 Å². The van der Waals surface area contributed by atoms with Gasteiger partial charge in [0.15, 0.2) is 0 Å². The van der Waals surface area contributed by atoms with E-state index in [4.69, 9.17) is 0 Å². The quantitative estimate of drug-likeness (QED) is 0.765. The molecular formula is C12H18IN3O. The lowest BCUT2D eigenvalue weighted by Gasteiger charge is -2.16. The van der Waals surface area contributed by atoms with Gasteiger partial charge in [-0.3, -0.25) is 9.69 Å². The van der Waals surface area contributed by atoms with Gasteiger partial charge in [-0.1, -0.05) is 12.1 Å². The predicted molar refractivity (Wildman–Crippen MR) is 79.2 cm³/mol. The number of halogens is 1. The van der Waals surface area contributed by atoms with E-state index in [2.05, 4.69) is 33.2 Å². The predicted octanol–water partition coefficient (Wildman–Crippen LogP) is 1.38. The number of anilines is 1. The van der Waals surface area contributed by atoms with Crippen molar-refractivity contribution in [1.82, 2.24) is 10.2 Å². The molecule has 0 spiro atoms. The van der Waals surface area contributed by atoms with E-state index in [-0.39, 0.29) is 5.91 Å². The highest BCUT2D eigenvalue weighted by atomic mass is 127. The molecule has 0 fully saturated rings. The number of nitrogens with one attached hydrogen (secondary N) is 2. The van der Waals surface area contributed by atoms with Gasteiger partial charge in [-0.2, -0.15) is 0 Å². The van der Waals surface area contributed by atoms with Crippen molar-refractivity contribution in [2.45, 2.75) is 0 Å². The highest BCUT2D eigenvalue weighted by molar-refractivity contribution is 14.1. The summed E-state index contributed by atoms with van der Waals surface area (Å²) in [5.74, 6) is 0.0210. The Morgan fingerprint density at radius 2 is 2.12 bits per heavy atom. The lowest BCUT2D eigenvalue weighted by Crippen LogP contribution is -2.34. The molecule has 0 unspecified atom stereocenters. The maximum absolute atomic E-state index is 11.8. The zero-order chi connectivity index (χ0) is 12.7. The molecular weight excluding hydrogens is 329 g/mol. The largest absolute Gasteiger partial charge is 0.324 e. The molecule has 1 aromatic carbocycles. The first-order chi connectivity index (χ1) is 8.13. The van der Waals surface area contributed by atoms with Crippen LogP contribution in [0.3, 0.4) is 0 Å². The van der Waals surface area contributed by atoms with E-state index in [1.54, 1.807) is 0 Å². The van der Waals surface area contributed by atoms with Crippen LogP contribution in [0, 0.1) is 3.57 Å². The molecule has 1 rings (SSSR count). The van der Waals surface area contributed by atoms with Crippen molar-refractivity contribution in [2.24, 2.45) is 0 Å². The molecule has 0 heterocycles. The van der Waals surface area contributed by atoms with Gasteiger partial charge in [0.05, 0.1) is 12.2 Å². The molecule has 0 bridgehead atoms. The lowest BCUT2D eigenvalue weighted by atomic mass is 10.3. The molecule has 1 aromatic rings. The fourth-order valence-electron chi connectivity index (χ4n) is 1.38. The van der Waals surface area contributed by atoms with Gasteiger partial charge in [0.25, 0.3) is 0 Å². The minimum Gasteiger partial charge on any atom is -0.324 e. The average molecular weight is 347 g/mol. The van der Waals surface area contributed by atoms with E-state index < -0.39 is 0 Å². The minimum atomic E-state index is 0.0210. The number of nitrogens with zero attached hydrogens (tertiary/aromatic N) is 1. The number of benzene rings is 1. The third-order valence-corrected chi connectivity index (χ3v) is 3.25. The van der Waals surface area contributed by atoms with Crippen molar-refractivity contribution in [3.8, 4) is 0 Å². The van der Waals surface area contributed by atoms with Crippen LogP contribution in [0.15, 0.2) is 24.3 Å². The Hall–Kier alpha value is -0.660. The highest BCUT2D eigenvalue weighted by Crippen LogP contribution is 2.16. The van der Waals surface area contributed by atoms with Gasteiger partial charge in [-0.25, -0.2) is 0 Å². The van der Waals surface area contributed by atoms with Crippen molar-refractivity contribution in [3.63, 3.8) is 0 Å². The Morgan fingerprint density at radius 3 is 2.76 bits per heavy atom. The van der Waals surface area contributed by atoms with Crippen LogP contribution in [-0.2, 0) is 4.79 Å². The maximum atomic E-state index is 11.8. The summed E-state index contributed by atoms with van der Waals surface area (Å²) in [5.41, 5.74) is 0.875. The summed E-state index contributed by atoms with van der Waals surface area (Å²) in [6.45, 7) is 2.15. The van der Waals surface area contributed by atoms with E-state index in [0.717, 1.165) is 22.3 Å². The summed E-state index contributed by atoms with van der Waals surface area (Å²) < 4.78 is 1.05. The minimum absolute atomic E-state index is 0.0210. The second kappa shape index (κ2) is 7.62.